The number of fused-ring (bicyclic) bond motifs is 1. The second kappa shape index (κ2) is 4.98. The number of nitrogens with zero attached hydrogens (tertiary/aromatic N) is 3. The number of hydrogen-bond acceptors (Lipinski definition) is 3. The maximum atomic E-state index is 12.1. The molecule has 0 saturated carbocycles. The fraction of sp³-hybridized carbons (Fsp3) is 0.0625. The molecule has 2 heterocycles. The summed E-state index contributed by atoms with van der Waals surface area (Å²) in [4.78, 5) is 16.0. The second-order valence-electron chi connectivity index (χ2n) is 4.48. The van der Waals surface area contributed by atoms with Gasteiger partial charge in [0.2, 0.25) is 0 Å². The fourth-order valence-electron chi connectivity index (χ4n) is 2.22. The van der Waals surface area contributed by atoms with Crippen LogP contribution in [0.25, 0.3) is 10.9 Å². The van der Waals surface area contributed by atoms with Gasteiger partial charge >= 0.3 is 0 Å². The van der Waals surface area contributed by atoms with Gasteiger partial charge in [0, 0.05) is 12.3 Å². The number of aromatic nitrogens is 2. The van der Waals surface area contributed by atoms with E-state index >= 15 is 0 Å². The standard InChI is InChI=1S/C16H11N3O/c17-10-14-9-12(7-8-18-14)11-19-15-4-2-1-3-13(15)5-6-16(19)20/h1-9H,11H2. The van der Waals surface area contributed by atoms with E-state index in [-0.39, 0.29) is 5.56 Å². The number of hydrogen-bond donors (Lipinski definition) is 0. The quantitative estimate of drug-likeness (QED) is 0.711. The van der Waals surface area contributed by atoms with Crippen molar-refractivity contribution in [3.05, 3.63) is 76.3 Å². The van der Waals surface area contributed by atoms with E-state index in [0.29, 0.717) is 12.2 Å². The summed E-state index contributed by atoms with van der Waals surface area (Å²) in [6.45, 7) is 0.428. The molecule has 0 atom stereocenters. The van der Waals surface area contributed by atoms with Gasteiger partial charge in [-0.3, -0.25) is 4.79 Å². The maximum Gasteiger partial charge on any atom is 0.251 e. The summed E-state index contributed by atoms with van der Waals surface area (Å²) in [5, 5.41) is 9.89. The summed E-state index contributed by atoms with van der Waals surface area (Å²) in [6, 6.07) is 16.6. The molecule has 0 N–H and O–H groups in total. The summed E-state index contributed by atoms with van der Waals surface area (Å²) in [7, 11) is 0. The van der Waals surface area contributed by atoms with Crippen molar-refractivity contribution in [1.29, 1.82) is 5.26 Å². The smallest absolute Gasteiger partial charge is 0.251 e. The van der Waals surface area contributed by atoms with Crippen LogP contribution >= 0.6 is 0 Å². The van der Waals surface area contributed by atoms with Crippen LogP contribution < -0.4 is 5.56 Å². The summed E-state index contributed by atoms with van der Waals surface area (Å²) in [5.41, 5.74) is 2.07. The highest BCUT2D eigenvalue weighted by atomic mass is 16.1. The Kier molecular flexibility index (Phi) is 3.02. The Morgan fingerprint density at radius 2 is 2.00 bits per heavy atom. The van der Waals surface area contributed by atoms with Gasteiger partial charge in [-0.2, -0.15) is 5.26 Å². The Bertz CT molecular complexity index is 875. The van der Waals surface area contributed by atoms with Gasteiger partial charge in [0.25, 0.3) is 5.56 Å². The molecule has 4 nitrogen and oxygen atoms in total. The zero-order valence-corrected chi connectivity index (χ0v) is 10.7. The molecule has 1 aromatic carbocycles. The largest absolute Gasteiger partial charge is 0.304 e. The Morgan fingerprint density at radius 1 is 1.15 bits per heavy atom. The van der Waals surface area contributed by atoms with E-state index in [0.717, 1.165) is 16.5 Å². The summed E-state index contributed by atoms with van der Waals surface area (Å²) in [5.74, 6) is 0. The van der Waals surface area contributed by atoms with Crippen molar-refractivity contribution in [2.24, 2.45) is 0 Å². The van der Waals surface area contributed by atoms with Crippen LogP contribution in [-0.2, 0) is 6.54 Å². The highest BCUT2D eigenvalue weighted by Gasteiger charge is 2.04. The van der Waals surface area contributed by atoms with Crippen LogP contribution in [0.5, 0.6) is 0 Å². The topological polar surface area (TPSA) is 58.7 Å². The second-order valence-corrected chi connectivity index (χ2v) is 4.48. The molecule has 4 heteroatoms. The van der Waals surface area contributed by atoms with Crippen LogP contribution in [0.1, 0.15) is 11.3 Å². The van der Waals surface area contributed by atoms with E-state index in [1.165, 1.54) is 0 Å². The van der Waals surface area contributed by atoms with E-state index in [4.69, 9.17) is 5.26 Å². The Morgan fingerprint density at radius 3 is 2.85 bits per heavy atom. The molecule has 0 aliphatic heterocycles. The van der Waals surface area contributed by atoms with E-state index in [1.807, 2.05) is 42.5 Å². The lowest BCUT2D eigenvalue weighted by atomic mass is 10.2. The molecule has 0 saturated heterocycles. The first kappa shape index (κ1) is 12.1. The van der Waals surface area contributed by atoms with Gasteiger partial charge < -0.3 is 4.57 Å². The third-order valence-corrected chi connectivity index (χ3v) is 3.18. The van der Waals surface area contributed by atoms with Crippen molar-refractivity contribution < 1.29 is 0 Å². The molecule has 3 rings (SSSR count). The van der Waals surface area contributed by atoms with Gasteiger partial charge in [-0.25, -0.2) is 4.98 Å². The van der Waals surface area contributed by atoms with Crippen molar-refractivity contribution in [2.75, 3.05) is 0 Å². The van der Waals surface area contributed by atoms with Crippen molar-refractivity contribution in [2.45, 2.75) is 6.54 Å². The molecule has 0 amide bonds. The zero-order valence-electron chi connectivity index (χ0n) is 10.7. The fourth-order valence-corrected chi connectivity index (χ4v) is 2.22. The minimum absolute atomic E-state index is 0.0565. The lowest BCUT2D eigenvalue weighted by Crippen LogP contribution is -2.19. The molecule has 0 fully saturated rings. The first-order valence-electron chi connectivity index (χ1n) is 6.21. The first-order chi connectivity index (χ1) is 9.78. The normalized spacial score (nSPS) is 10.3. The van der Waals surface area contributed by atoms with Gasteiger partial charge in [0.05, 0.1) is 12.1 Å². The third-order valence-electron chi connectivity index (χ3n) is 3.18. The van der Waals surface area contributed by atoms with E-state index in [1.54, 1.807) is 22.9 Å². The van der Waals surface area contributed by atoms with E-state index in [9.17, 15) is 4.79 Å². The molecule has 2 aromatic heterocycles. The Labute approximate surface area is 115 Å². The predicted molar refractivity (Wildman–Crippen MR) is 76.3 cm³/mol. The molecule has 0 radical (unpaired) electrons. The average Bonchev–Trinajstić information content (AvgIpc) is 2.50. The van der Waals surface area contributed by atoms with Crippen LogP contribution in [0.15, 0.2) is 59.5 Å². The number of para-hydroxylation sites is 1. The number of pyridine rings is 2. The molecule has 3 aromatic rings. The average molecular weight is 261 g/mol. The molecule has 0 unspecified atom stereocenters. The van der Waals surface area contributed by atoms with E-state index < -0.39 is 0 Å². The highest BCUT2D eigenvalue weighted by molar-refractivity contribution is 5.78. The predicted octanol–water partition coefficient (Wildman–Crippen LogP) is 2.32. The molecule has 0 aliphatic rings. The van der Waals surface area contributed by atoms with Crippen LogP contribution in [0.3, 0.4) is 0 Å². The van der Waals surface area contributed by atoms with Crippen molar-refractivity contribution >= 4 is 10.9 Å². The SMILES string of the molecule is N#Cc1cc(Cn2c(=O)ccc3ccccc32)ccn1. The number of rotatable bonds is 2. The molecular formula is C16H11N3O. The van der Waals surface area contributed by atoms with Crippen LogP contribution in [0.2, 0.25) is 0 Å². The van der Waals surface area contributed by atoms with Gasteiger partial charge in [0.1, 0.15) is 11.8 Å². The van der Waals surface area contributed by atoms with Gasteiger partial charge in [-0.1, -0.05) is 18.2 Å². The summed E-state index contributed by atoms with van der Waals surface area (Å²) >= 11 is 0. The Hall–Kier alpha value is -2.93. The molecule has 0 aliphatic carbocycles. The van der Waals surface area contributed by atoms with Crippen molar-refractivity contribution in [3.8, 4) is 6.07 Å². The minimum Gasteiger partial charge on any atom is -0.304 e. The molecule has 0 bridgehead atoms. The molecule has 0 spiro atoms. The van der Waals surface area contributed by atoms with Crippen LogP contribution in [0.4, 0.5) is 0 Å². The first-order valence-corrected chi connectivity index (χ1v) is 6.21. The summed E-state index contributed by atoms with van der Waals surface area (Å²) < 4.78 is 1.70. The molecular weight excluding hydrogens is 250 g/mol. The van der Waals surface area contributed by atoms with Crippen LogP contribution in [0, 0.1) is 11.3 Å². The minimum atomic E-state index is -0.0565. The lowest BCUT2D eigenvalue weighted by molar-refractivity contribution is 0.792. The number of benzene rings is 1. The van der Waals surface area contributed by atoms with Crippen molar-refractivity contribution in [3.63, 3.8) is 0 Å². The van der Waals surface area contributed by atoms with Crippen LogP contribution in [-0.4, -0.2) is 9.55 Å². The molecule has 20 heavy (non-hydrogen) atoms. The summed E-state index contributed by atoms with van der Waals surface area (Å²) in [6.07, 6.45) is 1.59. The van der Waals surface area contributed by atoms with Gasteiger partial charge in [-0.15, -0.1) is 0 Å². The lowest BCUT2D eigenvalue weighted by Gasteiger charge is -2.10. The zero-order chi connectivity index (χ0) is 13.9. The monoisotopic (exact) mass is 261 g/mol. The number of nitriles is 1. The molecule has 96 valence electrons. The van der Waals surface area contributed by atoms with Gasteiger partial charge in [-0.05, 0) is 35.2 Å². The van der Waals surface area contributed by atoms with Crippen molar-refractivity contribution in [1.82, 2.24) is 9.55 Å². The third kappa shape index (κ3) is 2.17. The Balaban J connectivity index is 2.13. The van der Waals surface area contributed by atoms with E-state index in [2.05, 4.69) is 4.98 Å². The van der Waals surface area contributed by atoms with Gasteiger partial charge in [0.15, 0.2) is 0 Å². The highest BCUT2D eigenvalue weighted by Crippen LogP contribution is 2.13. The maximum absolute atomic E-state index is 12.1.